The van der Waals surface area contributed by atoms with E-state index in [0.29, 0.717) is 17.6 Å². The van der Waals surface area contributed by atoms with Crippen LogP contribution in [0.25, 0.3) is 0 Å². The van der Waals surface area contributed by atoms with Gasteiger partial charge in [0.25, 0.3) is 0 Å². The second-order valence-corrected chi connectivity index (χ2v) is 3.40. The molecule has 0 spiro atoms. The Morgan fingerprint density at radius 2 is 2.21 bits per heavy atom. The zero-order valence-corrected chi connectivity index (χ0v) is 8.76. The van der Waals surface area contributed by atoms with Crippen molar-refractivity contribution >= 4 is 23.8 Å². The molecule has 1 rings (SSSR count). The summed E-state index contributed by atoms with van der Waals surface area (Å²) in [5, 5.41) is 0. The summed E-state index contributed by atoms with van der Waals surface area (Å²) in [6, 6.07) is 4.95. The highest BCUT2D eigenvalue weighted by molar-refractivity contribution is 7.98. The summed E-state index contributed by atoms with van der Waals surface area (Å²) in [6.07, 6.45) is 2.21. The monoisotopic (exact) mass is 210 g/mol. The number of rotatable bonds is 4. The van der Waals surface area contributed by atoms with Gasteiger partial charge in [0, 0.05) is 10.5 Å². The Bertz CT molecular complexity index is 360. The van der Waals surface area contributed by atoms with Gasteiger partial charge in [-0.05, 0) is 24.5 Å². The van der Waals surface area contributed by atoms with Gasteiger partial charge < -0.3 is 4.74 Å². The van der Waals surface area contributed by atoms with E-state index in [1.54, 1.807) is 18.2 Å². The molecule has 3 nitrogen and oxygen atoms in total. The van der Waals surface area contributed by atoms with E-state index in [1.165, 1.54) is 18.9 Å². The van der Waals surface area contributed by atoms with Crippen molar-refractivity contribution in [3.8, 4) is 5.75 Å². The quantitative estimate of drug-likeness (QED) is 0.329. The second kappa shape index (κ2) is 4.81. The summed E-state index contributed by atoms with van der Waals surface area (Å²) in [7, 11) is 1.53. The summed E-state index contributed by atoms with van der Waals surface area (Å²) in [5.74, 6) is 0.0844. The lowest BCUT2D eigenvalue weighted by Gasteiger charge is -2.06. The smallest absolute Gasteiger partial charge is 0.225 e. The minimum absolute atomic E-state index is 0.299. The molecule has 0 atom stereocenters. The molecule has 4 heteroatoms. The van der Waals surface area contributed by atoms with E-state index in [9.17, 15) is 9.59 Å². The Kier molecular flexibility index (Phi) is 3.71. The van der Waals surface area contributed by atoms with Crippen LogP contribution in [0.15, 0.2) is 23.1 Å². The molecule has 0 bridgehead atoms. The average molecular weight is 210 g/mol. The first kappa shape index (κ1) is 10.8. The number of hydrogen-bond acceptors (Lipinski definition) is 4. The SMILES string of the molecule is COc1cc(C(=O)C=O)ccc1SC. The zero-order chi connectivity index (χ0) is 10.6. The minimum Gasteiger partial charge on any atom is -0.496 e. The van der Waals surface area contributed by atoms with Crippen molar-refractivity contribution in [1.29, 1.82) is 0 Å². The molecule has 1 aromatic rings. The van der Waals surface area contributed by atoms with Crippen molar-refractivity contribution in [2.75, 3.05) is 13.4 Å². The predicted octanol–water partition coefficient (Wildman–Crippen LogP) is 1.80. The van der Waals surface area contributed by atoms with Crippen molar-refractivity contribution in [2.24, 2.45) is 0 Å². The normalized spacial score (nSPS) is 9.57. The molecule has 74 valence electrons. The number of methoxy groups -OCH3 is 1. The highest BCUT2D eigenvalue weighted by Gasteiger charge is 2.08. The number of ketones is 1. The second-order valence-electron chi connectivity index (χ2n) is 2.55. The van der Waals surface area contributed by atoms with Gasteiger partial charge in [-0.15, -0.1) is 11.8 Å². The van der Waals surface area contributed by atoms with Gasteiger partial charge in [0.15, 0.2) is 6.29 Å². The Balaban J connectivity index is 3.13. The van der Waals surface area contributed by atoms with Crippen molar-refractivity contribution in [1.82, 2.24) is 0 Å². The van der Waals surface area contributed by atoms with E-state index >= 15 is 0 Å². The summed E-state index contributed by atoms with van der Waals surface area (Å²) in [4.78, 5) is 22.3. The first-order valence-corrected chi connectivity index (χ1v) is 5.17. The van der Waals surface area contributed by atoms with Gasteiger partial charge in [-0.1, -0.05) is 0 Å². The first-order chi connectivity index (χ1) is 6.72. The van der Waals surface area contributed by atoms with Crippen molar-refractivity contribution in [3.63, 3.8) is 0 Å². The van der Waals surface area contributed by atoms with Gasteiger partial charge in [-0.25, -0.2) is 0 Å². The molecule has 0 amide bonds. The highest BCUT2D eigenvalue weighted by atomic mass is 32.2. The number of ether oxygens (including phenoxy) is 1. The molecule has 0 aliphatic heterocycles. The van der Waals surface area contributed by atoms with Crippen molar-refractivity contribution in [3.05, 3.63) is 23.8 Å². The van der Waals surface area contributed by atoms with E-state index in [0.717, 1.165) is 4.90 Å². The highest BCUT2D eigenvalue weighted by Crippen LogP contribution is 2.28. The number of benzene rings is 1. The largest absolute Gasteiger partial charge is 0.496 e. The lowest BCUT2D eigenvalue weighted by Crippen LogP contribution is -2.00. The fraction of sp³-hybridized carbons (Fsp3) is 0.200. The standard InChI is InChI=1S/C10H10O3S/c1-13-9-5-7(8(12)6-11)3-4-10(9)14-2/h3-6H,1-2H3. The van der Waals surface area contributed by atoms with Gasteiger partial charge in [0.2, 0.25) is 5.78 Å². The van der Waals surface area contributed by atoms with E-state index in [2.05, 4.69) is 0 Å². The summed E-state index contributed by atoms with van der Waals surface area (Å²) in [6.45, 7) is 0. The van der Waals surface area contributed by atoms with E-state index in [-0.39, 0.29) is 0 Å². The minimum atomic E-state index is -0.532. The van der Waals surface area contributed by atoms with Crippen molar-refractivity contribution in [2.45, 2.75) is 4.90 Å². The average Bonchev–Trinajstić information content (AvgIpc) is 2.26. The van der Waals surface area contributed by atoms with Crippen LogP contribution in [0.1, 0.15) is 10.4 Å². The van der Waals surface area contributed by atoms with Gasteiger partial charge in [-0.3, -0.25) is 9.59 Å². The molecular weight excluding hydrogens is 200 g/mol. The van der Waals surface area contributed by atoms with E-state index < -0.39 is 5.78 Å². The van der Waals surface area contributed by atoms with Gasteiger partial charge in [-0.2, -0.15) is 0 Å². The molecule has 0 saturated carbocycles. The van der Waals surface area contributed by atoms with Crippen LogP contribution >= 0.6 is 11.8 Å². The topological polar surface area (TPSA) is 43.4 Å². The lowest BCUT2D eigenvalue weighted by molar-refractivity contribution is -0.104. The number of aldehydes is 1. The Hall–Kier alpha value is -1.29. The molecule has 0 unspecified atom stereocenters. The van der Waals surface area contributed by atoms with Crippen LogP contribution in [0.5, 0.6) is 5.75 Å². The Morgan fingerprint density at radius 1 is 1.50 bits per heavy atom. The molecule has 0 aliphatic rings. The number of Topliss-reactive ketones (excluding diaryl/α,β-unsaturated/α-hetero) is 1. The third-order valence-electron chi connectivity index (χ3n) is 1.78. The zero-order valence-electron chi connectivity index (χ0n) is 7.94. The van der Waals surface area contributed by atoms with E-state index in [4.69, 9.17) is 4.74 Å². The first-order valence-electron chi connectivity index (χ1n) is 3.94. The van der Waals surface area contributed by atoms with Crippen LogP contribution in [-0.4, -0.2) is 25.4 Å². The van der Waals surface area contributed by atoms with Gasteiger partial charge in [0.1, 0.15) is 5.75 Å². The van der Waals surface area contributed by atoms with Crippen LogP contribution in [-0.2, 0) is 4.79 Å². The molecule has 0 N–H and O–H groups in total. The Labute approximate surface area is 86.5 Å². The maximum Gasteiger partial charge on any atom is 0.225 e. The summed E-state index contributed by atoms with van der Waals surface area (Å²) >= 11 is 1.52. The molecule has 0 saturated heterocycles. The molecule has 0 aliphatic carbocycles. The van der Waals surface area contributed by atoms with Crippen molar-refractivity contribution < 1.29 is 14.3 Å². The Morgan fingerprint density at radius 3 is 2.71 bits per heavy atom. The van der Waals surface area contributed by atoms with Crippen LogP contribution in [0.4, 0.5) is 0 Å². The maximum atomic E-state index is 11.1. The molecule has 0 heterocycles. The summed E-state index contributed by atoms with van der Waals surface area (Å²) < 4.78 is 5.08. The molecule has 0 radical (unpaired) electrons. The summed E-state index contributed by atoms with van der Waals surface area (Å²) in [5.41, 5.74) is 0.356. The predicted molar refractivity (Wildman–Crippen MR) is 55.2 cm³/mol. The fourth-order valence-electron chi connectivity index (χ4n) is 1.06. The third-order valence-corrected chi connectivity index (χ3v) is 2.55. The maximum absolute atomic E-state index is 11.1. The molecular formula is C10H10O3S. The molecule has 0 fully saturated rings. The third kappa shape index (κ3) is 2.14. The number of hydrogen-bond donors (Lipinski definition) is 0. The fourth-order valence-corrected chi connectivity index (χ4v) is 1.61. The molecule has 14 heavy (non-hydrogen) atoms. The lowest BCUT2D eigenvalue weighted by atomic mass is 10.1. The van der Waals surface area contributed by atoms with E-state index in [1.807, 2.05) is 6.26 Å². The molecule has 1 aromatic carbocycles. The van der Waals surface area contributed by atoms with Crippen LogP contribution in [0.2, 0.25) is 0 Å². The molecule has 0 aromatic heterocycles. The van der Waals surface area contributed by atoms with Crippen LogP contribution < -0.4 is 4.74 Å². The van der Waals surface area contributed by atoms with Gasteiger partial charge >= 0.3 is 0 Å². The number of carbonyl (C=O) groups is 2. The van der Waals surface area contributed by atoms with Crippen LogP contribution in [0, 0.1) is 0 Å². The number of thioether (sulfide) groups is 1. The van der Waals surface area contributed by atoms with Gasteiger partial charge in [0.05, 0.1) is 7.11 Å². The van der Waals surface area contributed by atoms with Crippen LogP contribution in [0.3, 0.4) is 0 Å². The number of carbonyl (C=O) groups excluding carboxylic acids is 2.